The van der Waals surface area contributed by atoms with Crippen molar-refractivity contribution < 1.29 is 4.79 Å². The van der Waals surface area contributed by atoms with Crippen LogP contribution in [0.4, 0.5) is 4.79 Å². The second kappa shape index (κ2) is 7.39. The molecule has 1 N–H and O–H groups in total. The lowest BCUT2D eigenvalue weighted by Crippen LogP contribution is -2.39. The van der Waals surface area contributed by atoms with E-state index in [2.05, 4.69) is 27.4 Å². The number of aromatic nitrogens is 3. The van der Waals surface area contributed by atoms with Gasteiger partial charge < -0.3 is 10.2 Å². The van der Waals surface area contributed by atoms with E-state index in [9.17, 15) is 4.79 Å². The quantitative estimate of drug-likeness (QED) is 0.787. The summed E-state index contributed by atoms with van der Waals surface area (Å²) in [6.07, 6.45) is 9.07. The zero-order chi connectivity index (χ0) is 17.8. The van der Waals surface area contributed by atoms with E-state index < -0.39 is 0 Å². The Labute approximate surface area is 152 Å². The van der Waals surface area contributed by atoms with Gasteiger partial charge in [-0.3, -0.25) is 4.57 Å². The molecule has 3 aromatic rings. The number of nitrogens with one attached hydrogen (secondary N) is 1. The van der Waals surface area contributed by atoms with Crippen molar-refractivity contribution in [2.45, 2.75) is 25.4 Å². The molecule has 1 aliphatic heterocycles. The Morgan fingerprint density at radius 2 is 2.08 bits per heavy atom. The van der Waals surface area contributed by atoms with Gasteiger partial charge in [0.1, 0.15) is 12.1 Å². The van der Waals surface area contributed by atoms with Crippen LogP contribution in [0.15, 0.2) is 67.4 Å². The Hall–Kier alpha value is -3.15. The van der Waals surface area contributed by atoms with Crippen LogP contribution in [0.1, 0.15) is 30.0 Å². The van der Waals surface area contributed by atoms with Gasteiger partial charge >= 0.3 is 6.03 Å². The molecular formula is C20H21N5O. The van der Waals surface area contributed by atoms with Crippen LogP contribution in [0.25, 0.3) is 5.82 Å². The van der Waals surface area contributed by atoms with Crippen LogP contribution in [-0.2, 0) is 6.54 Å². The largest absolute Gasteiger partial charge is 0.334 e. The van der Waals surface area contributed by atoms with Gasteiger partial charge in [-0.15, -0.1) is 0 Å². The van der Waals surface area contributed by atoms with Gasteiger partial charge in [-0.05, 0) is 36.1 Å². The third-order valence-corrected chi connectivity index (χ3v) is 4.72. The summed E-state index contributed by atoms with van der Waals surface area (Å²) in [5.74, 6) is 0.789. The zero-order valence-electron chi connectivity index (χ0n) is 14.5. The maximum atomic E-state index is 12.7. The molecule has 1 fully saturated rings. The fourth-order valence-corrected chi connectivity index (χ4v) is 3.42. The lowest BCUT2D eigenvalue weighted by atomic mass is 10.1. The molecule has 1 unspecified atom stereocenters. The van der Waals surface area contributed by atoms with Crippen molar-refractivity contribution in [2.75, 3.05) is 6.54 Å². The van der Waals surface area contributed by atoms with Crippen LogP contribution in [0, 0.1) is 0 Å². The molecule has 0 radical (unpaired) electrons. The summed E-state index contributed by atoms with van der Waals surface area (Å²) in [6, 6.07) is 14.3. The van der Waals surface area contributed by atoms with Crippen molar-refractivity contribution in [1.82, 2.24) is 24.8 Å². The molecule has 6 nitrogen and oxygen atoms in total. The maximum absolute atomic E-state index is 12.7. The fourth-order valence-electron chi connectivity index (χ4n) is 3.42. The molecule has 26 heavy (non-hydrogen) atoms. The Morgan fingerprint density at radius 1 is 1.19 bits per heavy atom. The predicted octanol–water partition coefficient (Wildman–Crippen LogP) is 3.31. The van der Waals surface area contributed by atoms with Crippen LogP contribution >= 0.6 is 0 Å². The van der Waals surface area contributed by atoms with Crippen molar-refractivity contribution in [3.8, 4) is 5.82 Å². The molecule has 2 aromatic heterocycles. The topological polar surface area (TPSA) is 63.1 Å². The number of hydrogen-bond donors (Lipinski definition) is 1. The lowest BCUT2D eigenvalue weighted by molar-refractivity contribution is 0.192. The summed E-state index contributed by atoms with van der Waals surface area (Å²) in [7, 11) is 0. The van der Waals surface area contributed by atoms with Crippen molar-refractivity contribution in [3.05, 3.63) is 78.5 Å². The predicted molar refractivity (Wildman–Crippen MR) is 98.7 cm³/mol. The van der Waals surface area contributed by atoms with Crippen molar-refractivity contribution in [2.24, 2.45) is 0 Å². The van der Waals surface area contributed by atoms with Gasteiger partial charge in [0, 0.05) is 31.7 Å². The molecule has 2 amide bonds. The van der Waals surface area contributed by atoms with E-state index in [1.54, 1.807) is 18.7 Å². The minimum atomic E-state index is -0.0163. The number of rotatable bonds is 4. The average Bonchev–Trinajstić information content (AvgIpc) is 3.39. The number of amides is 2. The molecule has 0 bridgehead atoms. The molecule has 0 saturated carbocycles. The molecule has 1 atom stereocenters. The standard InChI is InChI=1S/C20H21N5O/c26-20(25-11-4-7-18(25)17-5-2-1-3-6-17)23-14-16-8-9-22-19(13-16)24-12-10-21-15-24/h1-3,5-6,8-10,12-13,15,18H,4,7,11,14H2,(H,23,26). The van der Waals surface area contributed by atoms with Crippen molar-refractivity contribution in [1.29, 1.82) is 0 Å². The number of nitrogens with zero attached hydrogens (tertiary/aromatic N) is 4. The summed E-state index contributed by atoms with van der Waals surface area (Å²) in [4.78, 5) is 23.0. The van der Waals surface area contributed by atoms with E-state index in [0.717, 1.165) is 30.8 Å². The molecule has 1 aromatic carbocycles. The Kier molecular flexibility index (Phi) is 4.64. The first-order valence-electron chi connectivity index (χ1n) is 8.84. The normalized spacial score (nSPS) is 16.6. The molecule has 4 rings (SSSR count). The summed E-state index contributed by atoms with van der Waals surface area (Å²) >= 11 is 0. The van der Waals surface area contributed by atoms with Crippen molar-refractivity contribution in [3.63, 3.8) is 0 Å². The van der Waals surface area contributed by atoms with Gasteiger partial charge in [-0.1, -0.05) is 30.3 Å². The number of benzene rings is 1. The van der Waals surface area contributed by atoms with Crippen LogP contribution in [0.2, 0.25) is 0 Å². The SMILES string of the molecule is O=C(NCc1ccnc(-n2ccnc2)c1)N1CCCC1c1ccccc1. The highest BCUT2D eigenvalue weighted by Crippen LogP contribution is 2.31. The molecular weight excluding hydrogens is 326 g/mol. The summed E-state index contributed by atoms with van der Waals surface area (Å²) < 4.78 is 1.84. The van der Waals surface area contributed by atoms with Crippen LogP contribution < -0.4 is 5.32 Å². The molecule has 3 heterocycles. The second-order valence-electron chi connectivity index (χ2n) is 6.41. The molecule has 132 valence electrons. The first kappa shape index (κ1) is 16.3. The highest BCUT2D eigenvalue weighted by molar-refractivity contribution is 5.75. The number of urea groups is 1. The summed E-state index contributed by atoms with van der Waals surface area (Å²) in [6.45, 7) is 1.27. The monoisotopic (exact) mass is 347 g/mol. The highest BCUT2D eigenvalue weighted by atomic mass is 16.2. The third-order valence-electron chi connectivity index (χ3n) is 4.72. The van der Waals surface area contributed by atoms with Gasteiger partial charge in [0.05, 0.1) is 6.04 Å². The Bertz CT molecular complexity index is 863. The number of imidazole rings is 1. The third kappa shape index (κ3) is 3.44. The van der Waals surface area contributed by atoms with Crippen molar-refractivity contribution >= 4 is 6.03 Å². The van der Waals surface area contributed by atoms with Crippen LogP contribution in [-0.4, -0.2) is 32.0 Å². The van der Waals surface area contributed by atoms with E-state index in [-0.39, 0.29) is 12.1 Å². The molecule has 0 spiro atoms. The minimum absolute atomic E-state index is 0.0163. The Morgan fingerprint density at radius 3 is 2.88 bits per heavy atom. The van der Waals surface area contributed by atoms with E-state index in [1.165, 1.54) is 5.56 Å². The number of pyridine rings is 1. The van der Waals surface area contributed by atoms with E-state index >= 15 is 0 Å². The minimum Gasteiger partial charge on any atom is -0.334 e. The Balaban J connectivity index is 1.42. The summed E-state index contributed by atoms with van der Waals surface area (Å²) in [5.41, 5.74) is 2.21. The molecule has 6 heteroatoms. The van der Waals surface area contributed by atoms with E-state index in [4.69, 9.17) is 0 Å². The number of hydrogen-bond acceptors (Lipinski definition) is 3. The first-order valence-corrected chi connectivity index (χ1v) is 8.84. The van der Waals surface area contributed by atoms with Gasteiger partial charge in [0.25, 0.3) is 0 Å². The molecule has 1 saturated heterocycles. The first-order chi connectivity index (χ1) is 12.8. The van der Waals surface area contributed by atoms with Gasteiger partial charge in [0.15, 0.2) is 0 Å². The number of likely N-dealkylation sites (tertiary alicyclic amines) is 1. The molecule has 1 aliphatic rings. The van der Waals surface area contributed by atoms with E-state index in [1.807, 2.05) is 46.0 Å². The van der Waals surface area contributed by atoms with Gasteiger partial charge in [-0.25, -0.2) is 14.8 Å². The number of carbonyl (C=O) groups excluding carboxylic acids is 1. The van der Waals surface area contributed by atoms with Crippen LogP contribution in [0.3, 0.4) is 0 Å². The average molecular weight is 347 g/mol. The molecule has 0 aliphatic carbocycles. The maximum Gasteiger partial charge on any atom is 0.318 e. The van der Waals surface area contributed by atoms with Gasteiger partial charge in [-0.2, -0.15) is 0 Å². The zero-order valence-corrected chi connectivity index (χ0v) is 14.5. The van der Waals surface area contributed by atoms with Crippen LogP contribution in [0.5, 0.6) is 0 Å². The highest BCUT2D eigenvalue weighted by Gasteiger charge is 2.29. The van der Waals surface area contributed by atoms with E-state index in [0.29, 0.717) is 6.54 Å². The fraction of sp³-hybridized carbons (Fsp3) is 0.250. The number of carbonyl (C=O) groups is 1. The van der Waals surface area contributed by atoms with Gasteiger partial charge in [0.2, 0.25) is 0 Å². The summed E-state index contributed by atoms with van der Waals surface area (Å²) in [5, 5.41) is 3.05. The second-order valence-corrected chi connectivity index (χ2v) is 6.41. The smallest absolute Gasteiger partial charge is 0.318 e. The lowest BCUT2D eigenvalue weighted by Gasteiger charge is -2.25.